The lowest BCUT2D eigenvalue weighted by Gasteiger charge is -2.34. The first kappa shape index (κ1) is 22.5. The van der Waals surface area contributed by atoms with Crippen molar-refractivity contribution in [1.82, 2.24) is 4.90 Å². The number of likely N-dealkylation sites (tertiary alicyclic amines) is 1. The van der Waals surface area contributed by atoms with Crippen LogP contribution in [0.15, 0.2) is 18.2 Å². The quantitative estimate of drug-likeness (QED) is 0.796. The smallest absolute Gasteiger partial charge is 0.253 e. The van der Waals surface area contributed by atoms with Crippen molar-refractivity contribution in [2.45, 2.75) is 32.2 Å². The molecular weight excluding hydrogens is 375 g/mol. The Bertz CT molecular complexity index is 646. The van der Waals surface area contributed by atoms with Gasteiger partial charge >= 0.3 is 0 Å². The Kier molecular flexibility index (Phi) is 8.18. The van der Waals surface area contributed by atoms with E-state index < -0.39 is 0 Å². The number of rotatable bonds is 2. The highest BCUT2D eigenvalue weighted by atomic mass is 35.5. The summed E-state index contributed by atoms with van der Waals surface area (Å²) < 4.78 is 0. The summed E-state index contributed by atoms with van der Waals surface area (Å²) in [5, 5.41) is 2.91. The second-order valence-corrected chi connectivity index (χ2v) is 6.94. The topological polar surface area (TPSA) is 78.7 Å². The van der Waals surface area contributed by atoms with E-state index in [1.54, 1.807) is 6.07 Å². The lowest BCUT2D eigenvalue weighted by atomic mass is 9.90. The van der Waals surface area contributed by atoms with Crippen LogP contribution in [-0.2, 0) is 4.79 Å². The summed E-state index contributed by atoms with van der Waals surface area (Å²) in [4.78, 5) is 28.5. The van der Waals surface area contributed by atoms with Gasteiger partial charge in [-0.2, -0.15) is 0 Å². The fourth-order valence-corrected chi connectivity index (χ4v) is 3.52. The predicted octanol–water partition coefficient (Wildman–Crippen LogP) is 2.51. The molecule has 3 rings (SSSR count). The van der Waals surface area contributed by atoms with Gasteiger partial charge in [-0.15, -0.1) is 24.8 Å². The number of piperidine rings is 1. The molecule has 3 N–H and O–H groups in total. The largest absolute Gasteiger partial charge is 0.372 e. The molecule has 1 saturated heterocycles. The van der Waals surface area contributed by atoms with Gasteiger partial charge < -0.3 is 20.9 Å². The summed E-state index contributed by atoms with van der Waals surface area (Å²) in [5.74, 6) is 0.513. The molecule has 1 aromatic carbocycles. The zero-order chi connectivity index (χ0) is 17.3. The van der Waals surface area contributed by atoms with E-state index in [9.17, 15) is 9.59 Å². The van der Waals surface area contributed by atoms with Gasteiger partial charge in [-0.1, -0.05) is 0 Å². The first-order valence-corrected chi connectivity index (χ1v) is 8.65. The summed E-state index contributed by atoms with van der Waals surface area (Å²) in [6.45, 7) is 4.20. The molecule has 2 aliphatic heterocycles. The molecule has 6 nitrogen and oxygen atoms in total. The lowest BCUT2D eigenvalue weighted by molar-refractivity contribution is -0.115. The molecule has 0 radical (unpaired) electrons. The molecule has 1 aromatic rings. The molecule has 1 fully saturated rings. The van der Waals surface area contributed by atoms with Crippen molar-refractivity contribution < 1.29 is 9.59 Å². The molecule has 0 aliphatic carbocycles. The highest BCUT2D eigenvalue weighted by Crippen LogP contribution is 2.30. The van der Waals surface area contributed by atoms with Crippen LogP contribution in [0.2, 0.25) is 0 Å². The minimum Gasteiger partial charge on any atom is -0.372 e. The Morgan fingerprint density at radius 2 is 1.88 bits per heavy atom. The average Bonchev–Trinajstić information content (AvgIpc) is 2.72. The number of fused-ring (bicyclic) bond motifs is 1. The molecule has 1 atom stereocenters. The van der Waals surface area contributed by atoms with Crippen LogP contribution < -0.4 is 16.0 Å². The molecule has 2 amide bonds. The minimum absolute atomic E-state index is 0. The second-order valence-electron chi connectivity index (χ2n) is 6.94. The number of benzene rings is 1. The van der Waals surface area contributed by atoms with Gasteiger partial charge in [0.2, 0.25) is 5.91 Å². The Labute approximate surface area is 167 Å². The Morgan fingerprint density at radius 1 is 1.23 bits per heavy atom. The highest BCUT2D eigenvalue weighted by Gasteiger charge is 2.26. The maximum absolute atomic E-state index is 12.8. The van der Waals surface area contributed by atoms with Crippen molar-refractivity contribution in [2.24, 2.45) is 11.7 Å². The van der Waals surface area contributed by atoms with Crippen LogP contribution in [0.3, 0.4) is 0 Å². The summed E-state index contributed by atoms with van der Waals surface area (Å²) in [6.07, 6.45) is 2.36. The van der Waals surface area contributed by atoms with Crippen LogP contribution in [0, 0.1) is 5.92 Å². The number of carbonyl (C=O) groups excluding carboxylic acids is 2. The number of carbonyl (C=O) groups is 2. The third-order valence-corrected chi connectivity index (χ3v) is 5.17. The van der Waals surface area contributed by atoms with Gasteiger partial charge in [-0.3, -0.25) is 9.59 Å². The van der Waals surface area contributed by atoms with E-state index in [0.29, 0.717) is 24.4 Å². The van der Waals surface area contributed by atoms with Gasteiger partial charge in [0.1, 0.15) is 0 Å². The van der Waals surface area contributed by atoms with Crippen LogP contribution in [0.1, 0.15) is 36.5 Å². The Balaban J connectivity index is 0.00000169. The van der Waals surface area contributed by atoms with E-state index in [0.717, 1.165) is 37.3 Å². The number of nitrogens with one attached hydrogen (secondary N) is 1. The van der Waals surface area contributed by atoms with Crippen LogP contribution in [0.5, 0.6) is 0 Å². The number of amides is 2. The zero-order valence-electron chi connectivity index (χ0n) is 15.2. The normalized spacial score (nSPS) is 18.7. The van der Waals surface area contributed by atoms with Crippen LogP contribution in [0.25, 0.3) is 0 Å². The van der Waals surface area contributed by atoms with Gasteiger partial charge in [0.05, 0.1) is 11.4 Å². The van der Waals surface area contributed by atoms with E-state index in [1.165, 1.54) is 0 Å². The van der Waals surface area contributed by atoms with E-state index in [-0.39, 0.29) is 42.7 Å². The number of anilines is 2. The highest BCUT2D eigenvalue weighted by molar-refractivity contribution is 6.00. The van der Waals surface area contributed by atoms with Gasteiger partial charge in [0, 0.05) is 44.7 Å². The van der Waals surface area contributed by atoms with Gasteiger partial charge in [-0.25, -0.2) is 0 Å². The molecule has 146 valence electrons. The van der Waals surface area contributed by atoms with E-state index in [4.69, 9.17) is 5.73 Å². The van der Waals surface area contributed by atoms with E-state index >= 15 is 0 Å². The average molecular weight is 403 g/mol. The molecule has 8 heteroatoms. The van der Waals surface area contributed by atoms with Crippen LogP contribution >= 0.6 is 24.8 Å². The number of nitrogens with zero attached hydrogens (tertiary/aromatic N) is 2. The third kappa shape index (κ3) is 4.81. The lowest BCUT2D eigenvalue weighted by Crippen LogP contribution is -2.42. The molecule has 1 unspecified atom stereocenters. The molecule has 0 aromatic heterocycles. The number of hydrogen-bond donors (Lipinski definition) is 2. The number of nitrogens with two attached hydrogens (primary N) is 1. The molecule has 0 spiro atoms. The molecule has 2 aliphatic rings. The van der Waals surface area contributed by atoms with Crippen LogP contribution in [0.4, 0.5) is 11.4 Å². The maximum Gasteiger partial charge on any atom is 0.253 e. The number of hydrogen-bond acceptors (Lipinski definition) is 4. The van der Waals surface area contributed by atoms with Gasteiger partial charge in [0.15, 0.2) is 0 Å². The van der Waals surface area contributed by atoms with Crippen molar-refractivity contribution in [3.63, 3.8) is 0 Å². The summed E-state index contributed by atoms with van der Waals surface area (Å²) in [6, 6.07) is 5.76. The van der Waals surface area contributed by atoms with E-state index in [2.05, 4.69) is 5.32 Å². The first-order chi connectivity index (χ1) is 11.5. The fourth-order valence-electron chi connectivity index (χ4n) is 3.52. The first-order valence-electron chi connectivity index (χ1n) is 8.65. The standard InChI is InChI=1S/C18H26N4O2.2ClH/c1-12(19)13-5-9-22(10-6-13)18(24)14-3-4-16-15(11-14)20-17(23)7-8-21(16)2;;/h3-4,11-13H,5-10,19H2,1-2H3,(H,20,23);2*1H. The van der Waals surface area contributed by atoms with Crippen molar-refractivity contribution >= 4 is 48.0 Å². The SMILES string of the molecule is CC(N)C1CCN(C(=O)c2ccc3c(c2)NC(=O)CCN3C)CC1.Cl.Cl. The van der Waals surface area contributed by atoms with Crippen LogP contribution in [-0.4, -0.2) is 49.4 Å². The molecule has 2 heterocycles. The van der Waals surface area contributed by atoms with E-state index in [1.807, 2.05) is 35.9 Å². The van der Waals surface area contributed by atoms with Crippen molar-refractivity contribution in [3.8, 4) is 0 Å². The van der Waals surface area contributed by atoms with Gasteiger partial charge in [-0.05, 0) is 43.9 Å². The molecule has 26 heavy (non-hydrogen) atoms. The Hall–Kier alpha value is -1.50. The zero-order valence-corrected chi connectivity index (χ0v) is 16.9. The summed E-state index contributed by atoms with van der Waals surface area (Å²) in [5.41, 5.74) is 8.27. The second kappa shape index (κ2) is 9.44. The van der Waals surface area contributed by atoms with Crippen molar-refractivity contribution in [3.05, 3.63) is 23.8 Å². The molecule has 0 bridgehead atoms. The maximum atomic E-state index is 12.8. The van der Waals surface area contributed by atoms with Crippen molar-refractivity contribution in [2.75, 3.05) is 36.9 Å². The molecule has 0 saturated carbocycles. The fraction of sp³-hybridized carbons (Fsp3) is 0.556. The molecular formula is C18H28Cl2N4O2. The summed E-state index contributed by atoms with van der Waals surface area (Å²) >= 11 is 0. The monoisotopic (exact) mass is 402 g/mol. The predicted molar refractivity (Wildman–Crippen MR) is 110 cm³/mol. The minimum atomic E-state index is -0.0112. The Morgan fingerprint density at radius 3 is 2.50 bits per heavy atom. The third-order valence-electron chi connectivity index (χ3n) is 5.17. The number of halogens is 2. The van der Waals surface area contributed by atoms with Crippen molar-refractivity contribution in [1.29, 1.82) is 0 Å². The summed E-state index contributed by atoms with van der Waals surface area (Å²) in [7, 11) is 1.96. The van der Waals surface area contributed by atoms with Gasteiger partial charge in [0.25, 0.3) is 5.91 Å².